The summed E-state index contributed by atoms with van der Waals surface area (Å²) in [7, 11) is 0. The van der Waals surface area contributed by atoms with E-state index in [0.29, 0.717) is 17.6 Å². The number of fused-ring (bicyclic) bond motifs is 9. The molecule has 0 saturated heterocycles. The van der Waals surface area contributed by atoms with Crippen molar-refractivity contribution in [3.63, 3.8) is 0 Å². The number of rotatable bonds is 5. The van der Waals surface area contributed by atoms with Gasteiger partial charge in [0.15, 0.2) is 11.6 Å². The summed E-state index contributed by atoms with van der Waals surface area (Å²) >= 11 is 0. The van der Waals surface area contributed by atoms with E-state index < -0.39 is 0 Å². The van der Waals surface area contributed by atoms with Crippen molar-refractivity contribution in [2.45, 2.75) is 0 Å². The van der Waals surface area contributed by atoms with E-state index in [1.54, 1.807) is 0 Å². The lowest BCUT2D eigenvalue weighted by molar-refractivity contribution is 0.669. The van der Waals surface area contributed by atoms with Crippen LogP contribution in [0.25, 0.3) is 111 Å². The highest BCUT2D eigenvalue weighted by atomic mass is 16.3. The molecule has 0 spiro atoms. The van der Waals surface area contributed by atoms with Crippen molar-refractivity contribution in [3.05, 3.63) is 188 Å². The first kappa shape index (κ1) is 31.5. The van der Waals surface area contributed by atoms with Gasteiger partial charge >= 0.3 is 0 Å². The highest BCUT2D eigenvalue weighted by molar-refractivity contribution is 6.18. The number of furan rings is 1. The summed E-state index contributed by atoms with van der Waals surface area (Å²) in [5.41, 5.74) is 11.2. The van der Waals surface area contributed by atoms with Gasteiger partial charge in [-0.1, -0.05) is 140 Å². The van der Waals surface area contributed by atoms with E-state index in [9.17, 15) is 0 Å². The lowest BCUT2D eigenvalue weighted by Crippen LogP contribution is -2.06. The highest BCUT2D eigenvalue weighted by Crippen LogP contribution is 2.42. The first-order chi connectivity index (χ1) is 28.3. The van der Waals surface area contributed by atoms with Gasteiger partial charge in [0.05, 0.1) is 33.1 Å². The molecule has 0 fully saturated rings. The molecule has 266 valence electrons. The molecule has 0 aliphatic carbocycles. The minimum atomic E-state index is 0.560. The SMILES string of the molecule is c1ccc(-c2nc(-c3ccc4c(c3)oc3cccc(-n5c6ccccc6c6c(-c7ccccc7)cccc65)c34)nc(-n3c4ccccc4c4ccccc43)n2)cc1. The Morgan fingerprint density at radius 2 is 0.930 bits per heavy atom. The Bertz CT molecular complexity index is 3470. The third kappa shape index (κ3) is 4.81. The van der Waals surface area contributed by atoms with Crippen LogP contribution in [0.4, 0.5) is 0 Å². The second-order valence-electron chi connectivity index (χ2n) is 14.4. The molecule has 4 aromatic heterocycles. The molecule has 0 radical (unpaired) electrons. The molecule has 4 heterocycles. The lowest BCUT2D eigenvalue weighted by Gasteiger charge is -2.11. The molecular formula is C51H31N5O. The van der Waals surface area contributed by atoms with Gasteiger partial charge in [-0.25, -0.2) is 4.98 Å². The minimum absolute atomic E-state index is 0.560. The Morgan fingerprint density at radius 1 is 0.351 bits per heavy atom. The molecule has 57 heavy (non-hydrogen) atoms. The van der Waals surface area contributed by atoms with Gasteiger partial charge in [0.2, 0.25) is 5.95 Å². The monoisotopic (exact) mass is 729 g/mol. The molecule has 0 N–H and O–H groups in total. The summed E-state index contributed by atoms with van der Waals surface area (Å²) in [6.45, 7) is 0. The molecule has 6 heteroatoms. The summed E-state index contributed by atoms with van der Waals surface area (Å²) in [4.78, 5) is 15.4. The number of aromatic nitrogens is 5. The number of para-hydroxylation sites is 3. The minimum Gasteiger partial charge on any atom is -0.456 e. The predicted octanol–water partition coefficient (Wildman–Crippen LogP) is 13.0. The van der Waals surface area contributed by atoms with Crippen LogP contribution in [0.5, 0.6) is 0 Å². The van der Waals surface area contributed by atoms with Crippen LogP contribution in [0.15, 0.2) is 192 Å². The third-order valence-electron chi connectivity index (χ3n) is 11.2. The van der Waals surface area contributed by atoms with Gasteiger partial charge in [0.1, 0.15) is 11.2 Å². The first-order valence-electron chi connectivity index (χ1n) is 19.1. The van der Waals surface area contributed by atoms with E-state index in [-0.39, 0.29) is 0 Å². The molecular weight excluding hydrogens is 699 g/mol. The van der Waals surface area contributed by atoms with Crippen LogP contribution in [0.3, 0.4) is 0 Å². The van der Waals surface area contributed by atoms with E-state index >= 15 is 0 Å². The standard InChI is InChI=1S/C51H31N5O/c1-3-15-32(16-4-1)35-22-13-26-43-47(35)38-21-9-12-25-42(38)55(43)44-27-14-28-45-48(44)39-30-29-34(31-46(39)57-45)50-52-49(33-17-5-2-6-18-33)53-51(54-50)56-40-23-10-7-19-36(40)37-20-8-11-24-41(37)56/h1-31H. The first-order valence-corrected chi connectivity index (χ1v) is 19.1. The van der Waals surface area contributed by atoms with Crippen molar-refractivity contribution in [2.24, 2.45) is 0 Å². The van der Waals surface area contributed by atoms with Crippen LogP contribution >= 0.6 is 0 Å². The van der Waals surface area contributed by atoms with Gasteiger partial charge < -0.3 is 8.98 Å². The summed E-state index contributed by atoms with van der Waals surface area (Å²) in [5.74, 6) is 1.73. The number of benzene rings is 8. The molecule has 6 nitrogen and oxygen atoms in total. The second kappa shape index (κ2) is 12.3. The number of nitrogens with zero attached hydrogens (tertiary/aromatic N) is 5. The largest absolute Gasteiger partial charge is 0.456 e. The van der Waals surface area contributed by atoms with E-state index in [1.165, 1.54) is 21.9 Å². The Labute approximate surface area is 326 Å². The van der Waals surface area contributed by atoms with Crippen molar-refractivity contribution in [1.82, 2.24) is 24.1 Å². The van der Waals surface area contributed by atoms with Crippen LogP contribution in [-0.4, -0.2) is 24.1 Å². The van der Waals surface area contributed by atoms with E-state index in [2.05, 4.69) is 167 Å². The van der Waals surface area contributed by atoms with Crippen molar-refractivity contribution < 1.29 is 4.42 Å². The lowest BCUT2D eigenvalue weighted by atomic mass is 9.99. The molecule has 0 aliphatic rings. The van der Waals surface area contributed by atoms with Crippen molar-refractivity contribution in [3.8, 4) is 45.5 Å². The van der Waals surface area contributed by atoms with E-state index in [0.717, 1.165) is 71.6 Å². The molecule has 0 aliphatic heterocycles. The van der Waals surface area contributed by atoms with Gasteiger partial charge in [-0.05, 0) is 59.7 Å². The summed E-state index contributed by atoms with van der Waals surface area (Å²) < 4.78 is 11.2. The average Bonchev–Trinajstić information content (AvgIpc) is 3.94. The number of hydrogen-bond acceptors (Lipinski definition) is 4. The molecule has 0 saturated carbocycles. The number of hydrogen-bond donors (Lipinski definition) is 0. The Morgan fingerprint density at radius 3 is 1.65 bits per heavy atom. The van der Waals surface area contributed by atoms with Gasteiger partial charge in [0.25, 0.3) is 0 Å². The summed E-state index contributed by atoms with van der Waals surface area (Å²) in [5, 5.41) is 6.82. The van der Waals surface area contributed by atoms with Crippen LogP contribution < -0.4 is 0 Å². The fourth-order valence-electron chi connectivity index (χ4n) is 8.72. The van der Waals surface area contributed by atoms with Crippen LogP contribution in [-0.2, 0) is 0 Å². The Balaban J connectivity index is 1.07. The summed E-state index contributed by atoms with van der Waals surface area (Å²) in [6, 6.07) is 65.5. The topological polar surface area (TPSA) is 61.7 Å². The van der Waals surface area contributed by atoms with Crippen molar-refractivity contribution >= 4 is 65.6 Å². The smallest absolute Gasteiger partial charge is 0.238 e. The fraction of sp³-hybridized carbons (Fsp3) is 0. The van der Waals surface area contributed by atoms with Gasteiger partial charge in [-0.15, -0.1) is 0 Å². The molecule has 12 rings (SSSR count). The molecule has 12 aromatic rings. The Kier molecular flexibility index (Phi) is 6.83. The van der Waals surface area contributed by atoms with Crippen molar-refractivity contribution in [2.75, 3.05) is 0 Å². The molecule has 0 amide bonds. The maximum Gasteiger partial charge on any atom is 0.238 e. The quantitative estimate of drug-likeness (QED) is 0.177. The Hall–Kier alpha value is -7.83. The van der Waals surface area contributed by atoms with Crippen LogP contribution in [0.1, 0.15) is 0 Å². The van der Waals surface area contributed by atoms with E-state index in [1.807, 2.05) is 30.3 Å². The zero-order valence-electron chi connectivity index (χ0n) is 30.5. The zero-order valence-corrected chi connectivity index (χ0v) is 30.5. The highest BCUT2D eigenvalue weighted by Gasteiger charge is 2.22. The molecule has 0 bridgehead atoms. The van der Waals surface area contributed by atoms with E-state index in [4.69, 9.17) is 19.4 Å². The maximum absolute atomic E-state index is 6.71. The van der Waals surface area contributed by atoms with Crippen LogP contribution in [0, 0.1) is 0 Å². The predicted molar refractivity (Wildman–Crippen MR) is 232 cm³/mol. The average molecular weight is 730 g/mol. The summed E-state index contributed by atoms with van der Waals surface area (Å²) in [6.07, 6.45) is 0. The molecule has 8 aromatic carbocycles. The second-order valence-corrected chi connectivity index (χ2v) is 14.4. The normalized spacial score (nSPS) is 11.9. The van der Waals surface area contributed by atoms with Gasteiger partial charge in [-0.3, -0.25) is 4.57 Å². The zero-order chi connectivity index (χ0) is 37.5. The molecule has 0 unspecified atom stereocenters. The molecule has 0 atom stereocenters. The van der Waals surface area contributed by atoms with Crippen molar-refractivity contribution in [1.29, 1.82) is 0 Å². The van der Waals surface area contributed by atoms with Gasteiger partial charge in [-0.2, -0.15) is 9.97 Å². The van der Waals surface area contributed by atoms with Gasteiger partial charge in [0, 0.05) is 38.1 Å². The maximum atomic E-state index is 6.71. The third-order valence-corrected chi connectivity index (χ3v) is 11.2. The fourth-order valence-corrected chi connectivity index (χ4v) is 8.72. The van der Waals surface area contributed by atoms with Crippen LogP contribution in [0.2, 0.25) is 0 Å².